The largest absolute Gasteiger partial charge is 0.341 e. The molecule has 1 fully saturated rings. The Kier molecular flexibility index (Phi) is 4.62. The smallest absolute Gasteiger partial charge is 0.226 e. The first-order valence-corrected chi connectivity index (χ1v) is 9.53. The average Bonchev–Trinajstić information content (AvgIpc) is 2.66. The second kappa shape index (κ2) is 7.06. The molecule has 5 heteroatoms. The zero-order valence-corrected chi connectivity index (χ0v) is 15.6. The van der Waals surface area contributed by atoms with Gasteiger partial charge in [0.1, 0.15) is 0 Å². The lowest BCUT2D eigenvalue weighted by atomic mass is 9.93. The van der Waals surface area contributed by atoms with Gasteiger partial charge in [-0.05, 0) is 50.3 Å². The van der Waals surface area contributed by atoms with E-state index in [0.29, 0.717) is 5.91 Å². The van der Waals surface area contributed by atoms with E-state index in [1.165, 1.54) is 11.1 Å². The van der Waals surface area contributed by atoms with E-state index in [0.717, 1.165) is 62.8 Å². The maximum atomic E-state index is 13.0. The third kappa shape index (κ3) is 3.43. The highest BCUT2D eigenvalue weighted by Gasteiger charge is 2.31. The van der Waals surface area contributed by atoms with Crippen LogP contribution in [0.1, 0.15) is 35.4 Å². The van der Waals surface area contributed by atoms with Crippen molar-refractivity contribution >= 4 is 11.9 Å². The van der Waals surface area contributed by atoms with Crippen LogP contribution < -0.4 is 4.90 Å². The number of hydrogen-bond acceptors (Lipinski definition) is 4. The summed E-state index contributed by atoms with van der Waals surface area (Å²) in [6.45, 7) is 7.31. The summed E-state index contributed by atoms with van der Waals surface area (Å²) in [4.78, 5) is 26.4. The zero-order valence-electron chi connectivity index (χ0n) is 15.6. The van der Waals surface area contributed by atoms with Crippen molar-refractivity contribution in [1.82, 2.24) is 14.9 Å². The van der Waals surface area contributed by atoms with E-state index < -0.39 is 0 Å². The molecule has 136 valence electrons. The SMILES string of the molecule is Cc1cc(C)nc(N2CCC(C(=O)N3CCc4ccccc4C3)CC2)n1. The monoisotopic (exact) mass is 350 g/mol. The lowest BCUT2D eigenvalue weighted by Crippen LogP contribution is -2.44. The molecule has 1 aromatic heterocycles. The number of carbonyl (C=O) groups is 1. The maximum Gasteiger partial charge on any atom is 0.226 e. The second-order valence-corrected chi connectivity index (χ2v) is 7.49. The minimum Gasteiger partial charge on any atom is -0.341 e. The van der Waals surface area contributed by atoms with Crippen molar-refractivity contribution < 1.29 is 4.79 Å². The van der Waals surface area contributed by atoms with Gasteiger partial charge in [-0.2, -0.15) is 0 Å². The summed E-state index contributed by atoms with van der Waals surface area (Å²) in [7, 11) is 0. The Morgan fingerprint density at radius 3 is 2.35 bits per heavy atom. The van der Waals surface area contributed by atoms with Crippen molar-refractivity contribution in [2.75, 3.05) is 24.5 Å². The lowest BCUT2D eigenvalue weighted by molar-refractivity contribution is -0.137. The van der Waals surface area contributed by atoms with Gasteiger partial charge in [-0.25, -0.2) is 9.97 Å². The summed E-state index contributed by atoms with van der Waals surface area (Å²) in [6, 6.07) is 10.5. The van der Waals surface area contributed by atoms with Crippen molar-refractivity contribution in [3.05, 3.63) is 52.8 Å². The molecule has 0 bridgehead atoms. The molecule has 1 aromatic carbocycles. The molecule has 0 saturated carbocycles. The lowest BCUT2D eigenvalue weighted by Gasteiger charge is -2.36. The van der Waals surface area contributed by atoms with Crippen LogP contribution in [0.3, 0.4) is 0 Å². The van der Waals surface area contributed by atoms with Crippen molar-refractivity contribution in [1.29, 1.82) is 0 Å². The fourth-order valence-electron chi connectivity index (χ4n) is 4.12. The summed E-state index contributed by atoms with van der Waals surface area (Å²) >= 11 is 0. The van der Waals surface area contributed by atoms with Gasteiger partial charge in [-0.15, -0.1) is 0 Å². The maximum absolute atomic E-state index is 13.0. The van der Waals surface area contributed by atoms with Crippen LogP contribution in [0, 0.1) is 19.8 Å². The van der Waals surface area contributed by atoms with E-state index in [-0.39, 0.29) is 5.92 Å². The second-order valence-electron chi connectivity index (χ2n) is 7.49. The Bertz CT molecular complexity index is 791. The Hall–Kier alpha value is -2.43. The number of aromatic nitrogens is 2. The Morgan fingerprint density at radius 2 is 1.65 bits per heavy atom. The van der Waals surface area contributed by atoms with Gasteiger partial charge >= 0.3 is 0 Å². The van der Waals surface area contributed by atoms with Crippen molar-refractivity contribution in [3.8, 4) is 0 Å². The van der Waals surface area contributed by atoms with Gasteiger partial charge < -0.3 is 9.80 Å². The zero-order chi connectivity index (χ0) is 18.1. The van der Waals surface area contributed by atoms with Gasteiger partial charge in [0, 0.05) is 43.5 Å². The van der Waals surface area contributed by atoms with E-state index in [1.54, 1.807) is 0 Å². The highest BCUT2D eigenvalue weighted by molar-refractivity contribution is 5.79. The van der Waals surface area contributed by atoms with Gasteiger partial charge in [0.15, 0.2) is 0 Å². The number of nitrogens with zero attached hydrogens (tertiary/aromatic N) is 4. The third-order valence-corrected chi connectivity index (χ3v) is 5.54. The number of amides is 1. The van der Waals surface area contributed by atoms with Crippen LogP contribution in [-0.4, -0.2) is 40.4 Å². The van der Waals surface area contributed by atoms with E-state index in [9.17, 15) is 4.79 Å². The summed E-state index contributed by atoms with van der Waals surface area (Å²) < 4.78 is 0. The molecule has 0 N–H and O–H groups in total. The topological polar surface area (TPSA) is 49.3 Å². The predicted octanol–water partition coefficient (Wildman–Crippen LogP) is 2.89. The molecule has 1 saturated heterocycles. The van der Waals surface area contributed by atoms with Crippen molar-refractivity contribution in [2.24, 2.45) is 5.92 Å². The number of anilines is 1. The fraction of sp³-hybridized carbons (Fsp3) is 0.476. The van der Waals surface area contributed by atoms with Gasteiger partial charge in [0.05, 0.1) is 0 Å². The van der Waals surface area contributed by atoms with Gasteiger partial charge in [-0.1, -0.05) is 24.3 Å². The highest BCUT2D eigenvalue weighted by atomic mass is 16.2. The molecule has 0 spiro atoms. The average molecular weight is 350 g/mol. The molecular weight excluding hydrogens is 324 g/mol. The molecule has 1 amide bonds. The highest BCUT2D eigenvalue weighted by Crippen LogP contribution is 2.26. The molecule has 0 atom stereocenters. The van der Waals surface area contributed by atoms with Gasteiger partial charge in [0.25, 0.3) is 0 Å². The number of benzene rings is 1. The van der Waals surface area contributed by atoms with E-state index in [2.05, 4.69) is 44.0 Å². The Balaban J connectivity index is 1.38. The number of hydrogen-bond donors (Lipinski definition) is 0. The van der Waals surface area contributed by atoms with Crippen molar-refractivity contribution in [2.45, 2.75) is 39.7 Å². The van der Waals surface area contributed by atoms with E-state index in [4.69, 9.17) is 0 Å². The first kappa shape index (κ1) is 17.0. The summed E-state index contributed by atoms with van der Waals surface area (Å²) in [5.74, 6) is 1.25. The number of carbonyl (C=O) groups excluding carboxylic acids is 1. The molecule has 26 heavy (non-hydrogen) atoms. The summed E-state index contributed by atoms with van der Waals surface area (Å²) in [5, 5.41) is 0. The number of piperidine rings is 1. The molecule has 0 unspecified atom stereocenters. The molecule has 3 heterocycles. The van der Waals surface area contributed by atoms with E-state index in [1.807, 2.05) is 19.9 Å². The van der Waals surface area contributed by atoms with Crippen LogP contribution in [0.25, 0.3) is 0 Å². The number of aryl methyl sites for hydroxylation is 2. The molecule has 5 nitrogen and oxygen atoms in total. The van der Waals surface area contributed by atoms with Crippen LogP contribution in [0.5, 0.6) is 0 Å². The summed E-state index contributed by atoms with van der Waals surface area (Å²) in [5.41, 5.74) is 4.68. The fourth-order valence-corrected chi connectivity index (χ4v) is 4.12. The van der Waals surface area contributed by atoms with Gasteiger partial charge in [0.2, 0.25) is 11.9 Å². The van der Waals surface area contributed by atoms with Crippen LogP contribution in [-0.2, 0) is 17.8 Å². The Morgan fingerprint density at radius 1 is 1.00 bits per heavy atom. The molecular formula is C21H26N4O. The molecule has 2 aromatic rings. The van der Waals surface area contributed by atoms with Crippen LogP contribution >= 0.6 is 0 Å². The normalized spacial score (nSPS) is 17.9. The first-order chi connectivity index (χ1) is 12.6. The van der Waals surface area contributed by atoms with Crippen molar-refractivity contribution in [3.63, 3.8) is 0 Å². The molecule has 4 rings (SSSR count). The van der Waals surface area contributed by atoms with Crippen LogP contribution in [0.2, 0.25) is 0 Å². The molecule has 2 aliphatic rings. The quantitative estimate of drug-likeness (QED) is 0.836. The van der Waals surface area contributed by atoms with E-state index >= 15 is 0 Å². The Labute approximate surface area is 155 Å². The first-order valence-electron chi connectivity index (χ1n) is 9.53. The number of rotatable bonds is 2. The van der Waals surface area contributed by atoms with Crippen LogP contribution in [0.4, 0.5) is 5.95 Å². The standard InChI is InChI=1S/C21H26N4O/c1-15-13-16(2)23-21(22-15)24-10-8-18(9-11-24)20(26)25-12-7-17-5-3-4-6-19(17)14-25/h3-6,13,18H,7-12,14H2,1-2H3. The number of fused-ring (bicyclic) bond motifs is 1. The van der Waals surface area contributed by atoms with Gasteiger partial charge in [-0.3, -0.25) is 4.79 Å². The minimum absolute atomic E-state index is 0.127. The minimum atomic E-state index is 0.127. The molecule has 2 aliphatic heterocycles. The molecule has 0 aliphatic carbocycles. The summed E-state index contributed by atoms with van der Waals surface area (Å²) in [6.07, 6.45) is 2.73. The third-order valence-electron chi connectivity index (χ3n) is 5.54. The predicted molar refractivity (Wildman–Crippen MR) is 102 cm³/mol. The molecule has 0 radical (unpaired) electrons. The van der Waals surface area contributed by atoms with Crippen LogP contribution in [0.15, 0.2) is 30.3 Å².